The summed E-state index contributed by atoms with van der Waals surface area (Å²) in [4.78, 5) is 11.4. The minimum atomic E-state index is -3.36. The van der Waals surface area contributed by atoms with Crippen LogP contribution in [0.2, 0.25) is 0 Å². The van der Waals surface area contributed by atoms with Crippen molar-refractivity contribution >= 4 is 21.4 Å². The Balaban J connectivity index is 2.15. The van der Waals surface area contributed by atoms with Gasteiger partial charge in [0.15, 0.2) is 14.9 Å². The van der Waals surface area contributed by atoms with Crippen LogP contribution in [0.15, 0.2) is 41.4 Å². The molecule has 1 heterocycles. The number of rotatable bonds is 5. The van der Waals surface area contributed by atoms with Crippen molar-refractivity contribution in [3.63, 3.8) is 0 Å². The first-order valence-electron chi connectivity index (χ1n) is 6.33. The molecule has 7 nitrogen and oxygen atoms in total. The van der Waals surface area contributed by atoms with Gasteiger partial charge in [-0.3, -0.25) is 4.79 Å². The molecule has 0 fully saturated rings. The van der Waals surface area contributed by atoms with Crippen LogP contribution in [0.1, 0.15) is 0 Å². The van der Waals surface area contributed by atoms with Gasteiger partial charge in [0.2, 0.25) is 5.91 Å². The SMILES string of the molecule is COCC(=O)Nc1ccc(-c2ccc(S(C)(=O)=O)nn2)cc1. The zero-order chi connectivity index (χ0) is 16.2. The van der Waals surface area contributed by atoms with Crippen LogP contribution < -0.4 is 5.32 Å². The van der Waals surface area contributed by atoms with E-state index in [1.165, 1.54) is 13.2 Å². The monoisotopic (exact) mass is 321 g/mol. The van der Waals surface area contributed by atoms with Crippen molar-refractivity contribution in [2.24, 2.45) is 0 Å². The first-order valence-corrected chi connectivity index (χ1v) is 8.22. The molecule has 0 saturated heterocycles. The summed E-state index contributed by atoms with van der Waals surface area (Å²) in [5, 5.41) is 10.2. The predicted molar refractivity (Wildman–Crippen MR) is 81.1 cm³/mol. The average Bonchev–Trinajstić information content (AvgIpc) is 2.47. The topological polar surface area (TPSA) is 98.2 Å². The quantitative estimate of drug-likeness (QED) is 0.886. The van der Waals surface area contributed by atoms with Crippen molar-refractivity contribution in [2.45, 2.75) is 5.03 Å². The van der Waals surface area contributed by atoms with Crippen LogP contribution in [0.5, 0.6) is 0 Å². The number of ether oxygens (including phenoxy) is 1. The lowest BCUT2D eigenvalue weighted by molar-refractivity contribution is -0.119. The second kappa shape index (κ2) is 6.63. The third-order valence-corrected chi connectivity index (χ3v) is 3.74. The Hall–Kier alpha value is -2.32. The molecule has 2 aromatic rings. The molecule has 0 radical (unpaired) electrons. The summed E-state index contributed by atoms with van der Waals surface area (Å²) >= 11 is 0. The number of nitrogens with one attached hydrogen (secondary N) is 1. The first kappa shape index (κ1) is 16.1. The molecule has 0 bridgehead atoms. The fourth-order valence-corrected chi connectivity index (χ4v) is 2.23. The molecular formula is C14H15N3O4S. The number of amides is 1. The van der Waals surface area contributed by atoms with Crippen LogP contribution in [0.25, 0.3) is 11.3 Å². The summed E-state index contributed by atoms with van der Waals surface area (Å²) in [5.41, 5.74) is 1.94. The molecule has 1 amide bonds. The highest BCUT2D eigenvalue weighted by atomic mass is 32.2. The van der Waals surface area contributed by atoms with Gasteiger partial charge in [-0.2, -0.15) is 0 Å². The van der Waals surface area contributed by atoms with Crippen LogP contribution in [-0.2, 0) is 19.4 Å². The summed E-state index contributed by atoms with van der Waals surface area (Å²) in [6, 6.07) is 9.94. The highest BCUT2D eigenvalue weighted by molar-refractivity contribution is 7.90. The smallest absolute Gasteiger partial charge is 0.250 e. The molecule has 0 spiro atoms. The molecule has 2 rings (SSSR count). The van der Waals surface area contributed by atoms with E-state index in [4.69, 9.17) is 4.74 Å². The predicted octanol–water partition coefficient (Wildman–Crippen LogP) is 1.13. The van der Waals surface area contributed by atoms with Crippen molar-refractivity contribution < 1.29 is 17.9 Å². The van der Waals surface area contributed by atoms with E-state index in [0.29, 0.717) is 11.4 Å². The van der Waals surface area contributed by atoms with Gasteiger partial charge < -0.3 is 10.1 Å². The van der Waals surface area contributed by atoms with E-state index in [2.05, 4.69) is 15.5 Å². The zero-order valence-electron chi connectivity index (χ0n) is 12.1. The number of benzene rings is 1. The maximum absolute atomic E-state index is 11.4. The van der Waals surface area contributed by atoms with Gasteiger partial charge in [0, 0.05) is 24.6 Å². The van der Waals surface area contributed by atoms with Gasteiger partial charge in [0.05, 0.1) is 5.69 Å². The van der Waals surface area contributed by atoms with E-state index in [9.17, 15) is 13.2 Å². The van der Waals surface area contributed by atoms with Crippen molar-refractivity contribution in [3.8, 4) is 11.3 Å². The van der Waals surface area contributed by atoms with Gasteiger partial charge in [0.25, 0.3) is 0 Å². The van der Waals surface area contributed by atoms with E-state index in [0.717, 1.165) is 11.8 Å². The number of methoxy groups -OCH3 is 1. The maximum Gasteiger partial charge on any atom is 0.250 e. The van der Waals surface area contributed by atoms with E-state index in [-0.39, 0.29) is 17.5 Å². The first-order chi connectivity index (χ1) is 10.4. The Morgan fingerprint density at radius 3 is 2.32 bits per heavy atom. The molecule has 0 aliphatic carbocycles. The number of aromatic nitrogens is 2. The molecule has 1 aromatic carbocycles. The minimum absolute atomic E-state index is 0.0137. The lowest BCUT2D eigenvalue weighted by Gasteiger charge is -2.06. The molecule has 0 atom stereocenters. The molecule has 116 valence electrons. The molecule has 0 aliphatic rings. The van der Waals surface area contributed by atoms with E-state index in [1.807, 2.05) is 0 Å². The van der Waals surface area contributed by atoms with E-state index >= 15 is 0 Å². The van der Waals surface area contributed by atoms with Crippen LogP contribution in [0, 0.1) is 0 Å². The maximum atomic E-state index is 11.4. The van der Waals surface area contributed by atoms with Crippen molar-refractivity contribution in [1.29, 1.82) is 0 Å². The number of hydrogen-bond donors (Lipinski definition) is 1. The van der Waals surface area contributed by atoms with Gasteiger partial charge in [-0.15, -0.1) is 10.2 Å². The molecule has 0 aliphatic heterocycles. The van der Waals surface area contributed by atoms with E-state index < -0.39 is 9.84 Å². The zero-order valence-corrected chi connectivity index (χ0v) is 12.9. The molecule has 1 N–H and O–H groups in total. The molecule has 8 heteroatoms. The number of anilines is 1. The third kappa shape index (κ3) is 4.09. The van der Waals surface area contributed by atoms with Crippen LogP contribution in [0.3, 0.4) is 0 Å². The summed E-state index contributed by atoms with van der Waals surface area (Å²) in [6.45, 7) is -0.0137. The summed E-state index contributed by atoms with van der Waals surface area (Å²) in [5.74, 6) is -0.243. The van der Waals surface area contributed by atoms with Crippen molar-refractivity contribution in [1.82, 2.24) is 10.2 Å². The second-order valence-corrected chi connectivity index (χ2v) is 6.55. The molecular weight excluding hydrogens is 306 g/mol. The van der Waals surface area contributed by atoms with Gasteiger partial charge in [-0.25, -0.2) is 8.42 Å². The molecule has 1 aromatic heterocycles. The number of sulfone groups is 1. The van der Waals surface area contributed by atoms with E-state index in [1.54, 1.807) is 30.3 Å². The van der Waals surface area contributed by atoms with Gasteiger partial charge >= 0.3 is 0 Å². The van der Waals surface area contributed by atoms with Gasteiger partial charge in [0.1, 0.15) is 6.61 Å². The summed E-state index contributed by atoms with van der Waals surface area (Å²) < 4.78 is 27.4. The Bertz CT molecular complexity index is 756. The fourth-order valence-electron chi connectivity index (χ4n) is 1.72. The van der Waals surface area contributed by atoms with Crippen LogP contribution in [0.4, 0.5) is 5.69 Å². The number of carbonyl (C=O) groups is 1. The van der Waals surface area contributed by atoms with Crippen LogP contribution >= 0.6 is 0 Å². The lowest BCUT2D eigenvalue weighted by Crippen LogP contribution is -2.16. The Kier molecular flexibility index (Phi) is 4.84. The lowest BCUT2D eigenvalue weighted by atomic mass is 10.1. The Labute approximate surface area is 128 Å². The van der Waals surface area contributed by atoms with Gasteiger partial charge in [-0.1, -0.05) is 12.1 Å². The molecule has 22 heavy (non-hydrogen) atoms. The second-order valence-electron chi connectivity index (χ2n) is 4.59. The fraction of sp³-hybridized carbons (Fsp3) is 0.214. The van der Waals surface area contributed by atoms with Crippen LogP contribution in [-0.4, -0.2) is 44.5 Å². The highest BCUT2D eigenvalue weighted by Gasteiger charge is 2.10. The number of nitrogens with zero attached hydrogens (tertiary/aromatic N) is 2. The average molecular weight is 321 g/mol. The molecule has 0 saturated carbocycles. The Morgan fingerprint density at radius 2 is 1.82 bits per heavy atom. The van der Waals surface area contributed by atoms with Crippen molar-refractivity contribution in [3.05, 3.63) is 36.4 Å². The number of carbonyl (C=O) groups excluding carboxylic acids is 1. The minimum Gasteiger partial charge on any atom is -0.375 e. The van der Waals surface area contributed by atoms with Gasteiger partial charge in [-0.05, 0) is 24.3 Å². The Morgan fingerprint density at radius 1 is 1.14 bits per heavy atom. The largest absolute Gasteiger partial charge is 0.375 e. The summed E-state index contributed by atoms with van der Waals surface area (Å²) in [7, 11) is -1.91. The van der Waals surface area contributed by atoms with Crippen molar-refractivity contribution in [2.75, 3.05) is 25.3 Å². The standard InChI is InChI=1S/C14H15N3O4S/c1-21-9-13(18)15-11-5-3-10(4-6-11)12-7-8-14(17-16-12)22(2,19)20/h3-8H,9H2,1-2H3,(H,15,18). The normalized spacial score (nSPS) is 11.2. The molecule has 0 unspecified atom stereocenters. The third-order valence-electron chi connectivity index (χ3n) is 2.76. The summed E-state index contributed by atoms with van der Waals surface area (Å²) in [6.07, 6.45) is 1.08. The highest BCUT2D eigenvalue weighted by Crippen LogP contribution is 2.19. The number of hydrogen-bond acceptors (Lipinski definition) is 6.